The highest BCUT2D eigenvalue weighted by molar-refractivity contribution is 5.76. The molecule has 9 heteroatoms. The first-order valence-electron chi connectivity index (χ1n) is 6.03. The normalized spacial score (nSPS) is 10.0. The van der Waals surface area contributed by atoms with Crippen LogP contribution in [0.4, 0.5) is 17.5 Å². The quantitative estimate of drug-likeness (QED) is 0.570. The van der Waals surface area contributed by atoms with Crippen molar-refractivity contribution >= 4 is 23.4 Å². The van der Waals surface area contributed by atoms with Crippen molar-refractivity contribution in [3.05, 3.63) is 15.8 Å². The molecule has 0 aliphatic carbocycles. The maximum Gasteiger partial charge on any atom is 0.332 e. The van der Waals surface area contributed by atoms with Gasteiger partial charge in [0.1, 0.15) is 5.69 Å². The van der Waals surface area contributed by atoms with Gasteiger partial charge >= 0.3 is 5.69 Å². The van der Waals surface area contributed by atoms with Gasteiger partial charge in [0, 0.05) is 34.1 Å². The summed E-state index contributed by atoms with van der Waals surface area (Å²) in [5.41, 5.74) is 0.125. The van der Waals surface area contributed by atoms with Crippen LogP contribution in [0, 0.1) is 17.0 Å². The van der Waals surface area contributed by atoms with E-state index in [1.807, 2.05) is 0 Å². The van der Waals surface area contributed by atoms with E-state index in [-0.39, 0.29) is 29.5 Å². The molecule has 0 fully saturated rings. The number of carbonyl (C=O) groups excluding carboxylic acids is 1. The Labute approximate surface area is 116 Å². The molecule has 1 aromatic rings. The maximum absolute atomic E-state index is 11.2. The van der Waals surface area contributed by atoms with Crippen LogP contribution in [0.5, 0.6) is 0 Å². The molecule has 1 rings (SSSR count). The molecular weight excluding hydrogens is 264 g/mol. The van der Waals surface area contributed by atoms with E-state index in [1.165, 1.54) is 0 Å². The van der Waals surface area contributed by atoms with E-state index in [2.05, 4.69) is 20.6 Å². The van der Waals surface area contributed by atoms with Crippen molar-refractivity contribution in [2.24, 2.45) is 0 Å². The van der Waals surface area contributed by atoms with Crippen LogP contribution in [0.2, 0.25) is 0 Å². The minimum Gasteiger partial charge on any atom is -0.359 e. The third-order valence-electron chi connectivity index (χ3n) is 2.76. The molecule has 0 saturated heterocycles. The van der Waals surface area contributed by atoms with Crippen LogP contribution in [0.1, 0.15) is 12.1 Å². The zero-order valence-electron chi connectivity index (χ0n) is 11.9. The number of anilines is 2. The van der Waals surface area contributed by atoms with Crippen molar-refractivity contribution < 1.29 is 9.72 Å². The largest absolute Gasteiger partial charge is 0.359 e. The summed E-state index contributed by atoms with van der Waals surface area (Å²) in [4.78, 5) is 31.5. The highest BCUT2D eigenvalue weighted by Crippen LogP contribution is 2.28. The van der Waals surface area contributed by atoms with Crippen molar-refractivity contribution in [1.82, 2.24) is 15.3 Å². The fourth-order valence-electron chi connectivity index (χ4n) is 1.64. The highest BCUT2D eigenvalue weighted by Gasteiger charge is 2.24. The summed E-state index contributed by atoms with van der Waals surface area (Å²) in [6, 6.07) is 0. The van der Waals surface area contributed by atoms with Gasteiger partial charge in [0.25, 0.3) is 0 Å². The van der Waals surface area contributed by atoms with Gasteiger partial charge in [-0.05, 0) is 6.92 Å². The number of nitro groups is 1. The molecule has 2 N–H and O–H groups in total. The van der Waals surface area contributed by atoms with Gasteiger partial charge in [0.2, 0.25) is 17.7 Å². The summed E-state index contributed by atoms with van der Waals surface area (Å²) < 4.78 is 0. The van der Waals surface area contributed by atoms with E-state index in [9.17, 15) is 14.9 Å². The summed E-state index contributed by atoms with van der Waals surface area (Å²) in [6.07, 6.45) is 0.224. The van der Waals surface area contributed by atoms with Gasteiger partial charge in [-0.3, -0.25) is 14.9 Å². The summed E-state index contributed by atoms with van der Waals surface area (Å²) in [5, 5.41) is 16.4. The Morgan fingerprint density at radius 3 is 2.55 bits per heavy atom. The Balaban J connectivity index is 3.10. The number of carbonyl (C=O) groups is 1. The van der Waals surface area contributed by atoms with Gasteiger partial charge in [-0.2, -0.15) is 4.98 Å². The van der Waals surface area contributed by atoms with E-state index in [1.54, 1.807) is 33.0 Å². The summed E-state index contributed by atoms with van der Waals surface area (Å²) >= 11 is 0. The van der Waals surface area contributed by atoms with Crippen LogP contribution < -0.4 is 15.5 Å². The van der Waals surface area contributed by atoms with Crippen molar-refractivity contribution in [2.75, 3.05) is 37.9 Å². The molecule has 0 atom stereocenters. The molecule has 0 radical (unpaired) electrons. The Bertz CT molecular complexity index is 519. The minimum absolute atomic E-state index is 0.140. The second-order valence-electron chi connectivity index (χ2n) is 4.16. The van der Waals surface area contributed by atoms with E-state index in [0.29, 0.717) is 12.5 Å². The second kappa shape index (κ2) is 6.64. The zero-order valence-corrected chi connectivity index (χ0v) is 11.9. The number of aromatic nitrogens is 2. The zero-order chi connectivity index (χ0) is 15.3. The van der Waals surface area contributed by atoms with Gasteiger partial charge in [0.05, 0.1) is 4.92 Å². The van der Waals surface area contributed by atoms with Crippen molar-refractivity contribution in [2.45, 2.75) is 13.3 Å². The summed E-state index contributed by atoms with van der Waals surface area (Å²) in [6.45, 7) is 1.87. The first kappa shape index (κ1) is 15.6. The molecule has 1 amide bonds. The molecule has 0 aromatic carbocycles. The van der Waals surface area contributed by atoms with E-state index in [0.717, 1.165) is 0 Å². The van der Waals surface area contributed by atoms with Crippen molar-refractivity contribution in [3.63, 3.8) is 0 Å². The standard InChI is InChI=1S/C11H18N6O3/c1-7-9(17(19)20)10(15-11(13-3)14-7)16(4)6-5-8(18)12-2/h5-6H2,1-4H3,(H,12,18)(H,13,14,15). The minimum atomic E-state index is -0.513. The molecule has 9 nitrogen and oxygen atoms in total. The molecule has 110 valence electrons. The Morgan fingerprint density at radius 1 is 1.40 bits per heavy atom. The maximum atomic E-state index is 11.2. The number of rotatable bonds is 6. The van der Waals surface area contributed by atoms with Crippen LogP contribution in [0.15, 0.2) is 0 Å². The number of amides is 1. The van der Waals surface area contributed by atoms with Crippen LogP contribution in [-0.2, 0) is 4.79 Å². The number of aryl methyl sites for hydroxylation is 1. The monoisotopic (exact) mass is 282 g/mol. The highest BCUT2D eigenvalue weighted by atomic mass is 16.6. The predicted octanol–water partition coefficient (Wildman–Crippen LogP) is 0.307. The number of nitrogens with one attached hydrogen (secondary N) is 2. The van der Waals surface area contributed by atoms with Crippen LogP contribution in [0.3, 0.4) is 0 Å². The molecule has 0 bridgehead atoms. The molecule has 0 spiro atoms. The lowest BCUT2D eigenvalue weighted by atomic mass is 10.3. The van der Waals surface area contributed by atoms with E-state index >= 15 is 0 Å². The summed E-state index contributed by atoms with van der Waals surface area (Å²) in [7, 11) is 4.82. The lowest BCUT2D eigenvalue weighted by molar-refractivity contribution is -0.385. The number of hydrogen-bond donors (Lipinski definition) is 2. The SMILES string of the molecule is CNC(=O)CCN(C)c1nc(NC)nc(C)c1[N+](=O)[O-]. The Kier molecular flexibility index (Phi) is 5.18. The molecule has 0 aliphatic rings. The van der Waals surface area contributed by atoms with E-state index < -0.39 is 4.92 Å². The van der Waals surface area contributed by atoms with Gasteiger partial charge in [-0.15, -0.1) is 0 Å². The fourth-order valence-corrected chi connectivity index (χ4v) is 1.64. The van der Waals surface area contributed by atoms with Gasteiger partial charge in [-0.25, -0.2) is 4.98 Å². The molecule has 1 heterocycles. The van der Waals surface area contributed by atoms with Crippen molar-refractivity contribution in [1.29, 1.82) is 0 Å². The molecule has 0 unspecified atom stereocenters. The molecule has 20 heavy (non-hydrogen) atoms. The molecule has 0 aliphatic heterocycles. The third-order valence-corrected chi connectivity index (χ3v) is 2.76. The smallest absolute Gasteiger partial charge is 0.332 e. The Morgan fingerprint density at radius 2 is 2.05 bits per heavy atom. The lowest BCUT2D eigenvalue weighted by Gasteiger charge is -2.18. The topological polar surface area (TPSA) is 113 Å². The lowest BCUT2D eigenvalue weighted by Crippen LogP contribution is -2.27. The van der Waals surface area contributed by atoms with Gasteiger partial charge < -0.3 is 15.5 Å². The van der Waals surface area contributed by atoms with E-state index in [4.69, 9.17) is 0 Å². The molecular formula is C11H18N6O3. The average Bonchev–Trinajstić information content (AvgIpc) is 2.42. The Hall–Kier alpha value is -2.45. The third kappa shape index (κ3) is 3.53. The fraction of sp³-hybridized carbons (Fsp3) is 0.545. The first-order valence-corrected chi connectivity index (χ1v) is 6.03. The number of nitrogens with zero attached hydrogens (tertiary/aromatic N) is 4. The average molecular weight is 282 g/mol. The van der Waals surface area contributed by atoms with Crippen LogP contribution in [-0.4, -0.2) is 48.5 Å². The molecule has 1 aromatic heterocycles. The molecule has 0 saturated carbocycles. The van der Waals surface area contributed by atoms with Crippen LogP contribution >= 0.6 is 0 Å². The number of hydrogen-bond acceptors (Lipinski definition) is 7. The van der Waals surface area contributed by atoms with Gasteiger partial charge in [-0.1, -0.05) is 0 Å². The predicted molar refractivity (Wildman–Crippen MR) is 74.9 cm³/mol. The van der Waals surface area contributed by atoms with Crippen molar-refractivity contribution in [3.8, 4) is 0 Å². The summed E-state index contributed by atoms with van der Waals surface area (Å²) in [5.74, 6) is 0.352. The second-order valence-corrected chi connectivity index (χ2v) is 4.16. The van der Waals surface area contributed by atoms with Crippen LogP contribution in [0.25, 0.3) is 0 Å². The first-order chi connectivity index (χ1) is 9.40. The van der Waals surface area contributed by atoms with Gasteiger partial charge in [0.15, 0.2) is 0 Å².